The van der Waals surface area contributed by atoms with E-state index < -0.39 is 37.0 Å². The number of nitrogens with two attached hydrogens (primary N) is 1. The molecule has 0 amide bonds. The Morgan fingerprint density at radius 2 is 1.33 bits per heavy atom. The van der Waals surface area contributed by atoms with E-state index in [1.165, 1.54) is 0 Å². The third-order valence-electron chi connectivity index (χ3n) is 2.33. The number of hydrogen-bond donors (Lipinski definition) is 4. The Balaban J connectivity index is -0.000000482. The predicted octanol–water partition coefficient (Wildman–Crippen LogP) is -2.10. The number of nitrogens with zero attached hydrogens (tertiary/aromatic N) is 1. The number of carboxylic acids is 3. The molecular weight excluding hydrogens is 313 g/mol. The van der Waals surface area contributed by atoms with Gasteiger partial charge in [0.1, 0.15) is 6.04 Å². The van der Waals surface area contributed by atoms with Crippen LogP contribution in [-0.4, -0.2) is 152 Å². The minimum absolute atomic E-state index is 0. The summed E-state index contributed by atoms with van der Waals surface area (Å²) in [5, 5.41) is 26.3. The SMILES string of the molecule is NCCCC[C@@H](C(=O)O)N(CC(=O)O)CC(=O)O.[Na].[Na].[Na]. The summed E-state index contributed by atoms with van der Waals surface area (Å²) in [7, 11) is 0. The minimum Gasteiger partial charge on any atom is -0.480 e. The van der Waals surface area contributed by atoms with E-state index in [-0.39, 0.29) is 95.1 Å². The van der Waals surface area contributed by atoms with E-state index in [1.807, 2.05) is 0 Å². The molecule has 0 unspecified atom stereocenters. The molecule has 0 rings (SSSR count). The second-order valence-corrected chi connectivity index (χ2v) is 3.83. The van der Waals surface area contributed by atoms with E-state index >= 15 is 0 Å². The Labute approximate surface area is 189 Å². The van der Waals surface area contributed by atoms with Crippen molar-refractivity contribution in [1.29, 1.82) is 0 Å². The largest absolute Gasteiger partial charge is 0.480 e. The fourth-order valence-electron chi connectivity index (χ4n) is 1.57. The van der Waals surface area contributed by atoms with E-state index in [0.29, 0.717) is 19.4 Å². The Hall–Kier alpha value is 1.33. The van der Waals surface area contributed by atoms with Crippen LogP contribution in [0.3, 0.4) is 0 Å². The second-order valence-electron chi connectivity index (χ2n) is 3.83. The van der Waals surface area contributed by atoms with Crippen molar-refractivity contribution in [2.24, 2.45) is 5.73 Å². The predicted molar refractivity (Wildman–Crippen MR) is 78.4 cm³/mol. The van der Waals surface area contributed by atoms with Crippen LogP contribution >= 0.6 is 0 Å². The standard InChI is InChI=1S/C10H18N2O6.3Na/c11-4-2-1-3-7(10(17)18)12(5-8(13)14)6-9(15)16;;;/h7H,1-6,11H2,(H,13,14)(H,15,16)(H,17,18);;;/t7-;;;/m0.../s1. The van der Waals surface area contributed by atoms with E-state index in [1.54, 1.807) is 0 Å². The number of carbonyl (C=O) groups is 3. The molecule has 0 aliphatic carbocycles. The molecule has 0 aromatic rings. The van der Waals surface area contributed by atoms with Crippen LogP contribution in [0, 0.1) is 0 Å². The first-order valence-corrected chi connectivity index (χ1v) is 5.49. The van der Waals surface area contributed by atoms with E-state index in [2.05, 4.69) is 0 Å². The zero-order valence-corrected chi connectivity index (χ0v) is 18.9. The average molecular weight is 331 g/mol. The Bertz CT molecular complexity index is 303. The van der Waals surface area contributed by atoms with Gasteiger partial charge >= 0.3 is 17.9 Å². The zero-order valence-electron chi connectivity index (χ0n) is 12.9. The molecule has 0 aromatic heterocycles. The fourth-order valence-corrected chi connectivity index (χ4v) is 1.57. The third kappa shape index (κ3) is 16.0. The van der Waals surface area contributed by atoms with E-state index in [0.717, 1.165) is 4.90 Å². The molecule has 5 N–H and O–H groups in total. The van der Waals surface area contributed by atoms with Crippen molar-refractivity contribution < 1.29 is 29.7 Å². The summed E-state index contributed by atoms with van der Waals surface area (Å²) in [5.41, 5.74) is 5.28. The van der Waals surface area contributed by atoms with Gasteiger partial charge in [-0.05, 0) is 19.4 Å². The van der Waals surface area contributed by atoms with Crippen LogP contribution in [0.2, 0.25) is 0 Å². The van der Waals surface area contributed by atoms with Crippen LogP contribution in [0.4, 0.5) is 0 Å². The number of rotatable bonds is 10. The maximum absolute atomic E-state index is 11.0. The molecule has 107 valence electrons. The van der Waals surface area contributed by atoms with Gasteiger partial charge in [0.05, 0.1) is 13.1 Å². The van der Waals surface area contributed by atoms with Crippen LogP contribution in [0.15, 0.2) is 0 Å². The Morgan fingerprint density at radius 1 is 0.905 bits per heavy atom. The molecule has 0 fully saturated rings. The van der Waals surface area contributed by atoms with Gasteiger partial charge in [0.15, 0.2) is 0 Å². The number of carboxylic acid groups (broad SMARTS) is 3. The van der Waals surface area contributed by atoms with Gasteiger partial charge in [-0.1, -0.05) is 6.42 Å². The Kier molecular flexibility index (Phi) is 25.5. The minimum atomic E-state index is -1.26. The van der Waals surface area contributed by atoms with Crippen molar-refractivity contribution in [3.05, 3.63) is 0 Å². The van der Waals surface area contributed by atoms with Crippen molar-refractivity contribution in [3.8, 4) is 0 Å². The van der Waals surface area contributed by atoms with Gasteiger partial charge < -0.3 is 21.1 Å². The summed E-state index contributed by atoms with van der Waals surface area (Å²) in [5.74, 6) is -3.75. The van der Waals surface area contributed by atoms with Crippen molar-refractivity contribution >= 4 is 107 Å². The molecule has 0 saturated carbocycles. The maximum Gasteiger partial charge on any atom is 0.320 e. The summed E-state index contributed by atoms with van der Waals surface area (Å²) in [6, 6.07) is -1.12. The van der Waals surface area contributed by atoms with Crippen LogP contribution in [0.5, 0.6) is 0 Å². The van der Waals surface area contributed by atoms with Gasteiger partial charge in [0.2, 0.25) is 0 Å². The van der Waals surface area contributed by atoms with Crippen LogP contribution < -0.4 is 5.73 Å². The monoisotopic (exact) mass is 331 g/mol. The molecule has 0 spiro atoms. The maximum atomic E-state index is 11.0. The van der Waals surface area contributed by atoms with Gasteiger partial charge in [-0.25, -0.2) is 0 Å². The number of hydrogen-bond acceptors (Lipinski definition) is 5. The van der Waals surface area contributed by atoms with Gasteiger partial charge in [-0.2, -0.15) is 0 Å². The molecule has 11 heteroatoms. The first-order chi connectivity index (χ1) is 8.38. The van der Waals surface area contributed by atoms with Gasteiger partial charge in [0.25, 0.3) is 0 Å². The molecule has 0 aliphatic heterocycles. The van der Waals surface area contributed by atoms with Crippen LogP contribution in [0.1, 0.15) is 19.3 Å². The number of aliphatic carboxylic acids is 3. The van der Waals surface area contributed by atoms with Crippen molar-refractivity contribution in [2.75, 3.05) is 19.6 Å². The molecule has 0 bridgehead atoms. The molecule has 0 saturated heterocycles. The summed E-state index contributed by atoms with van der Waals surface area (Å²) < 4.78 is 0. The third-order valence-corrected chi connectivity index (χ3v) is 2.33. The molecular formula is C10H18N2Na3O6. The molecule has 0 aliphatic rings. The average Bonchev–Trinajstić information content (AvgIpc) is 2.21. The van der Waals surface area contributed by atoms with Gasteiger partial charge in [-0.15, -0.1) is 0 Å². The molecule has 8 nitrogen and oxygen atoms in total. The second kappa shape index (κ2) is 17.7. The molecule has 0 aromatic carbocycles. The molecule has 3 radical (unpaired) electrons. The van der Waals surface area contributed by atoms with Gasteiger partial charge in [0, 0.05) is 88.7 Å². The van der Waals surface area contributed by atoms with Crippen molar-refractivity contribution in [3.63, 3.8) is 0 Å². The summed E-state index contributed by atoms with van der Waals surface area (Å²) >= 11 is 0. The van der Waals surface area contributed by atoms with E-state index in [4.69, 9.17) is 21.1 Å². The van der Waals surface area contributed by atoms with Crippen molar-refractivity contribution in [1.82, 2.24) is 4.90 Å². The van der Waals surface area contributed by atoms with E-state index in [9.17, 15) is 14.4 Å². The fraction of sp³-hybridized carbons (Fsp3) is 0.700. The quantitative estimate of drug-likeness (QED) is 0.263. The normalized spacial score (nSPS) is 10.6. The topological polar surface area (TPSA) is 141 Å². The smallest absolute Gasteiger partial charge is 0.320 e. The first kappa shape index (κ1) is 30.2. The van der Waals surface area contributed by atoms with Crippen LogP contribution in [-0.2, 0) is 14.4 Å². The van der Waals surface area contributed by atoms with Crippen molar-refractivity contribution in [2.45, 2.75) is 25.3 Å². The van der Waals surface area contributed by atoms with Gasteiger partial charge in [-0.3, -0.25) is 19.3 Å². The molecule has 21 heavy (non-hydrogen) atoms. The summed E-state index contributed by atoms with van der Waals surface area (Å²) in [6.45, 7) is -0.831. The van der Waals surface area contributed by atoms with Crippen LogP contribution in [0.25, 0.3) is 0 Å². The summed E-state index contributed by atoms with van der Waals surface area (Å²) in [6.07, 6.45) is 1.29. The molecule has 0 heterocycles. The zero-order chi connectivity index (χ0) is 14.1. The molecule has 1 atom stereocenters. The first-order valence-electron chi connectivity index (χ1n) is 5.49. The Morgan fingerprint density at radius 3 is 1.62 bits per heavy atom. The summed E-state index contributed by atoms with van der Waals surface area (Å²) in [4.78, 5) is 33.2. The number of unbranched alkanes of at least 4 members (excludes halogenated alkanes) is 1.